The third-order valence-corrected chi connectivity index (χ3v) is 0.368. The van der Waals surface area contributed by atoms with Gasteiger partial charge in [0.05, 0.1) is 7.11 Å². The smallest absolute Gasteiger partial charge is 0.329 e. The maximum absolute atomic E-state index is 9.84. The first-order valence-corrected chi connectivity index (χ1v) is 1.85. The molecule has 0 aromatic carbocycles. The minimum atomic E-state index is -0.394. The third kappa shape index (κ3) is 19.2. The molecule has 0 saturated carbocycles. The van der Waals surface area contributed by atoms with Gasteiger partial charge in [-0.2, -0.15) is 0 Å². The number of rotatable bonds is 1. The summed E-state index contributed by atoms with van der Waals surface area (Å²) in [6, 6.07) is 0. The van der Waals surface area contributed by atoms with Crippen LogP contribution in [0.3, 0.4) is 0 Å². The lowest BCUT2D eigenvalue weighted by Gasteiger charge is -1.83. The van der Waals surface area contributed by atoms with Crippen molar-refractivity contribution in [3.63, 3.8) is 0 Å². The van der Waals surface area contributed by atoms with E-state index in [0.29, 0.717) is 0 Å². The summed E-state index contributed by atoms with van der Waals surface area (Å²) in [5.41, 5.74) is 0. The Kier molecular flexibility index (Phi) is 27.4. The number of esters is 1. The fraction of sp³-hybridized carbons (Fsp3) is 0.250. The van der Waals surface area contributed by atoms with Gasteiger partial charge in [-0.15, -0.1) is 0 Å². The van der Waals surface area contributed by atoms with Gasteiger partial charge in [-0.3, -0.25) is 11.7 Å². The molecule has 5 heteroatoms. The second kappa shape index (κ2) is 15.7. The first-order chi connectivity index (χ1) is 3.81. The number of carbonyl (C=O) groups is 1. The Morgan fingerprint density at radius 1 is 1.67 bits per heavy atom. The van der Waals surface area contributed by atoms with Crippen molar-refractivity contribution in [3.05, 3.63) is 12.7 Å². The number of ether oxygens (including phenoxy) is 1. The van der Waals surface area contributed by atoms with Gasteiger partial charge < -0.3 is 10.2 Å². The average Bonchev–Trinajstić information content (AvgIpc) is 1.91. The standard InChI is InChI=1S/C4H6O2.H4N2.H2O/c1-3-4(5)6-2;1-2;/h3H,1H2,2H3;1-2H2;1H2. The molecule has 0 aliphatic rings. The summed E-state index contributed by atoms with van der Waals surface area (Å²) in [6.45, 7) is 3.16. The molecule has 0 radical (unpaired) electrons. The van der Waals surface area contributed by atoms with Crippen LogP contribution in [0.4, 0.5) is 0 Å². The van der Waals surface area contributed by atoms with Crippen LogP contribution in [-0.4, -0.2) is 18.6 Å². The minimum absolute atomic E-state index is 0. The number of nitrogens with two attached hydrogens (primary N) is 2. The summed E-state index contributed by atoms with van der Waals surface area (Å²) in [5, 5.41) is 0. The van der Waals surface area contributed by atoms with Crippen LogP contribution in [0.25, 0.3) is 0 Å². The normalized spacial score (nSPS) is 5.22. The summed E-state index contributed by atoms with van der Waals surface area (Å²) in [4.78, 5) is 9.84. The Morgan fingerprint density at radius 2 is 2.00 bits per heavy atom. The van der Waals surface area contributed by atoms with Gasteiger partial charge in [0.2, 0.25) is 0 Å². The molecule has 0 spiro atoms. The van der Waals surface area contributed by atoms with Gasteiger partial charge >= 0.3 is 5.97 Å². The van der Waals surface area contributed by atoms with Crippen molar-refractivity contribution < 1.29 is 15.0 Å². The van der Waals surface area contributed by atoms with Gasteiger partial charge in [-0.1, -0.05) is 6.58 Å². The summed E-state index contributed by atoms with van der Waals surface area (Å²) in [7, 11) is 1.31. The van der Waals surface area contributed by atoms with Crippen LogP contribution >= 0.6 is 0 Å². The van der Waals surface area contributed by atoms with Crippen molar-refractivity contribution in [3.8, 4) is 0 Å². The van der Waals surface area contributed by atoms with Crippen molar-refractivity contribution >= 4 is 5.97 Å². The molecule has 0 unspecified atom stereocenters. The molecule has 0 bridgehead atoms. The highest BCUT2D eigenvalue weighted by molar-refractivity contribution is 5.80. The Morgan fingerprint density at radius 3 is 2.00 bits per heavy atom. The van der Waals surface area contributed by atoms with Crippen LogP contribution in [0.1, 0.15) is 0 Å². The molecule has 0 aromatic heterocycles. The average molecular weight is 136 g/mol. The third-order valence-electron chi connectivity index (χ3n) is 0.368. The van der Waals surface area contributed by atoms with E-state index in [1.165, 1.54) is 7.11 Å². The topological polar surface area (TPSA) is 110 Å². The van der Waals surface area contributed by atoms with Crippen molar-refractivity contribution in [1.82, 2.24) is 0 Å². The van der Waals surface area contributed by atoms with E-state index in [0.717, 1.165) is 6.08 Å². The Balaban J connectivity index is -0.000000109. The van der Waals surface area contributed by atoms with Gasteiger partial charge in [0, 0.05) is 6.08 Å². The molecular weight excluding hydrogens is 124 g/mol. The monoisotopic (exact) mass is 136 g/mol. The molecule has 0 saturated heterocycles. The summed E-state index contributed by atoms with van der Waals surface area (Å²) in [5.74, 6) is 7.61. The second-order valence-electron chi connectivity index (χ2n) is 0.727. The lowest BCUT2D eigenvalue weighted by atomic mass is 10.7. The molecule has 0 aliphatic carbocycles. The number of hydrogen-bond acceptors (Lipinski definition) is 4. The molecule has 56 valence electrons. The zero-order valence-electron chi connectivity index (χ0n) is 5.26. The van der Waals surface area contributed by atoms with Crippen LogP contribution < -0.4 is 11.7 Å². The van der Waals surface area contributed by atoms with E-state index >= 15 is 0 Å². The van der Waals surface area contributed by atoms with E-state index < -0.39 is 5.97 Å². The molecule has 5 nitrogen and oxygen atoms in total. The number of hydrazine groups is 1. The quantitative estimate of drug-likeness (QED) is 0.194. The van der Waals surface area contributed by atoms with Crippen LogP contribution in [0, 0.1) is 0 Å². The van der Waals surface area contributed by atoms with E-state index in [2.05, 4.69) is 23.0 Å². The molecule has 0 amide bonds. The highest BCUT2D eigenvalue weighted by Crippen LogP contribution is 1.67. The van der Waals surface area contributed by atoms with Gasteiger partial charge in [0.25, 0.3) is 0 Å². The minimum Gasteiger partial charge on any atom is -0.466 e. The Hall–Kier alpha value is -0.910. The highest BCUT2D eigenvalue weighted by atomic mass is 16.5. The molecule has 6 N–H and O–H groups in total. The number of hydrogen-bond donors (Lipinski definition) is 2. The maximum atomic E-state index is 9.84. The summed E-state index contributed by atoms with van der Waals surface area (Å²) in [6.07, 6.45) is 1.11. The fourth-order valence-electron chi connectivity index (χ4n) is 0.0833. The zero-order valence-corrected chi connectivity index (χ0v) is 5.26. The summed E-state index contributed by atoms with van der Waals surface area (Å²) < 4.78 is 4.14. The first kappa shape index (κ1) is 15.7. The molecule has 0 atom stereocenters. The van der Waals surface area contributed by atoms with Crippen LogP contribution in [-0.2, 0) is 9.53 Å². The SMILES string of the molecule is C=CC(=O)OC.NN.O. The Labute approximate surface area is 53.6 Å². The van der Waals surface area contributed by atoms with Crippen LogP contribution in [0.15, 0.2) is 12.7 Å². The predicted octanol–water partition coefficient (Wildman–Crippen LogP) is -1.66. The van der Waals surface area contributed by atoms with Gasteiger partial charge in [0.1, 0.15) is 0 Å². The van der Waals surface area contributed by atoms with Crippen molar-refractivity contribution in [2.45, 2.75) is 0 Å². The maximum Gasteiger partial charge on any atom is 0.329 e. The summed E-state index contributed by atoms with van der Waals surface area (Å²) >= 11 is 0. The van der Waals surface area contributed by atoms with E-state index in [4.69, 9.17) is 0 Å². The molecule has 0 aliphatic heterocycles. The predicted molar refractivity (Wildman–Crippen MR) is 34.2 cm³/mol. The molecule has 0 fully saturated rings. The van der Waals surface area contributed by atoms with Gasteiger partial charge in [0.15, 0.2) is 0 Å². The van der Waals surface area contributed by atoms with Crippen molar-refractivity contribution in [1.29, 1.82) is 0 Å². The molecule has 0 aromatic rings. The van der Waals surface area contributed by atoms with Crippen LogP contribution in [0.2, 0.25) is 0 Å². The first-order valence-electron chi connectivity index (χ1n) is 1.85. The molecule has 0 heterocycles. The van der Waals surface area contributed by atoms with E-state index in [1.807, 2.05) is 0 Å². The fourth-order valence-corrected chi connectivity index (χ4v) is 0.0833. The number of carbonyl (C=O) groups excluding carboxylic acids is 1. The Bertz CT molecular complexity index is 74.2. The van der Waals surface area contributed by atoms with Crippen molar-refractivity contribution in [2.24, 2.45) is 11.7 Å². The van der Waals surface area contributed by atoms with E-state index in [1.54, 1.807) is 0 Å². The number of methoxy groups -OCH3 is 1. The second-order valence-corrected chi connectivity index (χ2v) is 0.727. The zero-order chi connectivity index (χ0) is 6.99. The van der Waals surface area contributed by atoms with Gasteiger partial charge in [-0.05, 0) is 0 Å². The van der Waals surface area contributed by atoms with E-state index in [9.17, 15) is 4.79 Å². The highest BCUT2D eigenvalue weighted by Gasteiger charge is 1.81. The molecular formula is C4H12N2O3. The largest absolute Gasteiger partial charge is 0.466 e. The lowest BCUT2D eigenvalue weighted by Crippen LogP contribution is -2.02. The molecule has 0 rings (SSSR count). The van der Waals surface area contributed by atoms with E-state index in [-0.39, 0.29) is 5.48 Å². The van der Waals surface area contributed by atoms with Crippen molar-refractivity contribution in [2.75, 3.05) is 7.11 Å². The van der Waals surface area contributed by atoms with Gasteiger partial charge in [-0.25, -0.2) is 4.79 Å². The molecule has 9 heavy (non-hydrogen) atoms. The van der Waals surface area contributed by atoms with Crippen LogP contribution in [0.5, 0.6) is 0 Å². The lowest BCUT2D eigenvalue weighted by molar-refractivity contribution is -0.134.